The Bertz CT molecular complexity index is 226. The van der Waals surface area contributed by atoms with Crippen LogP contribution in [0.5, 0.6) is 0 Å². The number of rotatable bonds is 17. The zero-order valence-corrected chi connectivity index (χ0v) is 15.0. The van der Waals surface area contributed by atoms with Crippen molar-refractivity contribution in [2.24, 2.45) is 0 Å². The Kier molecular flexibility index (Phi) is 18.1. The molecule has 0 aliphatic rings. The van der Waals surface area contributed by atoms with Crippen LogP contribution in [0.1, 0.15) is 110 Å². The predicted octanol–water partition coefficient (Wildman–Crippen LogP) is 6.63. The second kappa shape index (κ2) is 18.5. The van der Waals surface area contributed by atoms with Crippen LogP contribution >= 0.6 is 0 Å². The van der Waals surface area contributed by atoms with Crippen molar-refractivity contribution in [3.05, 3.63) is 6.92 Å². The van der Waals surface area contributed by atoms with Gasteiger partial charge in [-0.25, -0.2) is 0 Å². The lowest BCUT2D eigenvalue weighted by molar-refractivity contribution is -0.142. The number of esters is 1. The number of hydrogen-bond acceptors (Lipinski definition) is 2. The zero-order valence-electron chi connectivity index (χ0n) is 15.0. The van der Waals surface area contributed by atoms with Crippen molar-refractivity contribution in [1.29, 1.82) is 0 Å². The van der Waals surface area contributed by atoms with Crippen LogP contribution in [-0.4, -0.2) is 12.6 Å². The maximum absolute atomic E-state index is 11.1. The minimum Gasteiger partial charge on any atom is -0.466 e. The molecule has 0 spiro atoms. The summed E-state index contributed by atoms with van der Waals surface area (Å²) in [5.74, 6) is -0.0929. The molecule has 0 aromatic rings. The summed E-state index contributed by atoms with van der Waals surface area (Å²) in [6, 6.07) is 0. The third-order valence-electron chi connectivity index (χ3n) is 4.25. The molecule has 0 aliphatic carbocycles. The standard InChI is InChI=1S/C20H39O2/c1-3-5-6-7-8-9-10-11-12-13-14-15-16-17-18-19-20(21)22-4-2/h2-19H2,1H3. The summed E-state index contributed by atoms with van der Waals surface area (Å²) in [5.41, 5.74) is 0. The Hall–Kier alpha value is -0.530. The SMILES string of the molecule is [CH2]COC(=O)CCCCCCCCCCCCCCCCC. The first-order valence-corrected chi connectivity index (χ1v) is 9.76. The summed E-state index contributed by atoms with van der Waals surface area (Å²) in [6.45, 7) is 6.04. The molecule has 0 aliphatic heterocycles. The van der Waals surface area contributed by atoms with E-state index in [4.69, 9.17) is 4.74 Å². The van der Waals surface area contributed by atoms with Crippen LogP contribution in [-0.2, 0) is 9.53 Å². The highest BCUT2D eigenvalue weighted by atomic mass is 16.5. The molecule has 22 heavy (non-hydrogen) atoms. The fourth-order valence-electron chi connectivity index (χ4n) is 2.83. The summed E-state index contributed by atoms with van der Waals surface area (Å²) in [5, 5.41) is 0. The molecular weight excluding hydrogens is 272 g/mol. The second-order valence-electron chi connectivity index (χ2n) is 6.42. The lowest BCUT2D eigenvalue weighted by atomic mass is 10.0. The topological polar surface area (TPSA) is 26.3 Å². The minimum atomic E-state index is -0.0929. The van der Waals surface area contributed by atoms with E-state index in [1.165, 1.54) is 83.5 Å². The Balaban J connectivity index is 3.01. The van der Waals surface area contributed by atoms with Gasteiger partial charge in [0.05, 0.1) is 6.61 Å². The molecule has 0 bridgehead atoms. The third-order valence-corrected chi connectivity index (χ3v) is 4.25. The van der Waals surface area contributed by atoms with E-state index in [0.29, 0.717) is 6.42 Å². The highest BCUT2D eigenvalue weighted by Gasteiger charge is 2.00. The van der Waals surface area contributed by atoms with Gasteiger partial charge in [0.15, 0.2) is 0 Å². The monoisotopic (exact) mass is 311 g/mol. The van der Waals surface area contributed by atoms with Gasteiger partial charge in [0.25, 0.3) is 0 Å². The predicted molar refractivity (Wildman–Crippen MR) is 95.9 cm³/mol. The summed E-state index contributed by atoms with van der Waals surface area (Å²) >= 11 is 0. The number of ether oxygens (including phenoxy) is 1. The Morgan fingerprint density at radius 2 is 1.05 bits per heavy atom. The van der Waals surface area contributed by atoms with Crippen molar-refractivity contribution < 1.29 is 9.53 Å². The molecule has 0 N–H and O–H groups in total. The van der Waals surface area contributed by atoms with Crippen molar-refractivity contribution in [2.75, 3.05) is 6.61 Å². The highest BCUT2D eigenvalue weighted by molar-refractivity contribution is 5.69. The summed E-state index contributed by atoms with van der Waals surface area (Å²) in [7, 11) is 0. The van der Waals surface area contributed by atoms with E-state index >= 15 is 0 Å². The lowest BCUT2D eigenvalue weighted by Gasteiger charge is -2.03. The van der Waals surface area contributed by atoms with E-state index in [1.807, 2.05) is 0 Å². The Morgan fingerprint density at radius 1 is 0.682 bits per heavy atom. The molecule has 0 amide bonds. The van der Waals surface area contributed by atoms with Crippen LogP contribution in [0.15, 0.2) is 0 Å². The molecular formula is C20H39O2. The molecule has 0 unspecified atom stereocenters. The van der Waals surface area contributed by atoms with Gasteiger partial charge in [0.2, 0.25) is 0 Å². The molecule has 2 heteroatoms. The summed E-state index contributed by atoms with van der Waals surface area (Å²) in [6.07, 6.45) is 20.8. The average molecular weight is 312 g/mol. The minimum absolute atomic E-state index is 0.0929. The molecule has 0 rings (SSSR count). The fraction of sp³-hybridized carbons (Fsp3) is 0.900. The first-order chi connectivity index (χ1) is 10.8. The van der Waals surface area contributed by atoms with Crippen LogP contribution in [0.2, 0.25) is 0 Å². The van der Waals surface area contributed by atoms with Gasteiger partial charge in [-0.15, -0.1) is 0 Å². The molecule has 0 aromatic carbocycles. The van der Waals surface area contributed by atoms with Crippen LogP contribution in [0.3, 0.4) is 0 Å². The third kappa shape index (κ3) is 17.5. The fourth-order valence-corrected chi connectivity index (χ4v) is 2.83. The lowest BCUT2D eigenvalue weighted by Crippen LogP contribution is -2.03. The zero-order chi connectivity index (χ0) is 16.3. The van der Waals surface area contributed by atoms with Gasteiger partial charge in [-0.3, -0.25) is 4.79 Å². The van der Waals surface area contributed by atoms with Crippen molar-refractivity contribution in [3.8, 4) is 0 Å². The van der Waals surface area contributed by atoms with Gasteiger partial charge < -0.3 is 4.74 Å². The van der Waals surface area contributed by atoms with E-state index in [2.05, 4.69) is 13.8 Å². The van der Waals surface area contributed by atoms with Gasteiger partial charge in [-0.1, -0.05) is 96.8 Å². The molecule has 1 radical (unpaired) electrons. The van der Waals surface area contributed by atoms with Gasteiger partial charge in [-0.2, -0.15) is 0 Å². The highest BCUT2D eigenvalue weighted by Crippen LogP contribution is 2.13. The van der Waals surface area contributed by atoms with Crippen LogP contribution in [0.4, 0.5) is 0 Å². The molecule has 0 heterocycles. The quantitative estimate of drug-likeness (QED) is 0.223. The van der Waals surface area contributed by atoms with Gasteiger partial charge in [0, 0.05) is 6.42 Å². The van der Waals surface area contributed by atoms with E-state index in [9.17, 15) is 4.79 Å². The molecule has 0 fully saturated rings. The first-order valence-electron chi connectivity index (χ1n) is 9.76. The van der Waals surface area contributed by atoms with Crippen LogP contribution < -0.4 is 0 Å². The van der Waals surface area contributed by atoms with E-state index < -0.39 is 0 Å². The van der Waals surface area contributed by atoms with Crippen molar-refractivity contribution in [2.45, 2.75) is 110 Å². The van der Waals surface area contributed by atoms with Crippen molar-refractivity contribution in [3.63, 3.8) is 0 Å². The first kappa shape index (κ1) is 21.5. The van der Waals surface area contributed by atoms with Crippen molar-refractivity contribution >= 4 is 5.97 Å². The van der Waals surface area contributed by atoms with Gasteiger partial charge >= 0.3 is 5.97 Å². The van der Waals surface area contributed by atoms with Gasteiger partial charge in [0.1, 0.15) is 0 Å². The largest absolute Gasteiger partial charge is 0.466 e. The number of carbonyl (C=O) groups excluding carboxylic acids is 1. The number of carbonyl (C=O) groups is 1. The molecule has 0 aromatic heterocycles. The van der Waals surface area contributed by atoms with Gasteiger partial charge in [-0.05, 0) is 13.3 Å². The van der Waals surface area contributed by atoms with Crippen LogP contribution in [0.25, 0.3) is 0 Å². The van der Waals surface area contributed by atoms with Crippen molar-refractivity contribution in [1.82, 2.24) is 0 Å². The maximum atomic E-state index is 11.1. The van der Waals surface area contributed by atoms with E-state index in [0.717, 1.165) is 12.8 Å². The van der Waals surface area contributed by atoms with E-state index in [-0.39, 0.29) is 12.6 Å². The maximum Gasteiger partial charge on any atom is 0.305 e. The molecule has 131 valence electrons. The normalized spacial score (nSPS) is 10.8. The molecule has 2 nitrogen and oxygen atoms in total. The number of unbranched alkanes of at least 4 members (excludes halogenated alkanes) is 14. The van der Waals surface area contributed by atoms with Crippen LogP contribution in [0, 0.1) is 6.92 Å². The second-order valence-corrected chi connectivity index (χ2v) is 6.42. The summed E-state index contributed by atoms with van der Waals surface area (Å²) in [4.78, 5) is 11.1. The Labute approximate surface area is 139 Å². The average Bonchev–Trinajstić information content (AvgIpc) is 2.51. The molecule has 0 saturated heterocycles. The Morgan fingerprint density at radius 3 is 1.41 bits per heavy atom. The smallest absolute Gasteiger partial charge is 0.305 e. The molecule has 0 saturated carbocycles. The number of hydrogen-bond donors (Lipinski definition) is 0. The molecule has 0 atom stereocenters. The van der Waals surface area contributed by atoms with E-state index in [1.54, 1.807) is 0 Å². The summed E-state index contributed by atoms with van der Waals surface area (Å²) < 4.78 is 4.81.